The van der Waals surface area contributed by atoms with E-state index in [1.165, 1.54) is 12.1 Å². The third-order valence-corrected chi connectivity index (χ3v) is 4.85. The van der Waals surface area contributed by atoms with Gasteiger partial charge in [0.2, 0.25) is 5.91 Å². The maximum atomic E-state index is 12.0. The SMILES string of the molecule is NC(=O)C(c1ccccc1)N1CCN(c2ccc([N+](=O)[O-])cc2Cl)CC1. The summed E-state index contributed by atoms with van der Waals surface area (Å²) in [5, 5.41) is 11.2. The highest BCUT2D eigenvalue weighted by molar-refractivity contribution is 6.33. The fourth-order valence-corrected chi connectivity index (χ4v) is 3.57. The Morgan fingerprint density at radius 2 is 1.77 bits per heavy atom. The number of non-ortho nitro benzene ring substituents is 1. The molecule has 0 aliphatic carbocycles. The molecule has 1 aliphatic heterocycles. The van der Waals surface area contributed by atoms with E-state index in [4.69, 9.17) is 17.3 Å². The van der Waals surface area contributed by atoms with Crippen LogP contribution in [0.1, 0.15) is 11.6 Å². The minimum Gasteiger partial charge on any atom is -0.368 e. The summed E-state index contributed by atoms with van der Waals surface area (Å²) in [5.41, 5.74) is 7.24. The summed E-state index contributed by atoms with van der Waals surface area (Å²) >= 11 is 6.22. The normalized spacial score (nSPS) is 16.3. The minimum absolute atomic E-state index is 0.0322. The van der Waals surface area contributed by atoms with Gasteiger partial charge in [-0.1, -0.05) is 41.9 Å². The summed E-state index contributed by atoms with van der Waals surface area (Å²) in [6, 6.07) is 13.5. The average Bonchev–Trinajstić information content (AvgIpc) is 2.63. The molecule has 26 heavy (non-hydrogen) atoms. The monoisotopic (exact) mass is 374 g/mol. The number of carbonyl (C=O) groups is 1. The molecular formula is C18H19ClN4O3. The lowest BCUT2D eigenvalue weighted by Gasteiger charge is -2.39. The number of anilines is 1. The van der Waals surface area contributed by atoms with Crippen LogP contribution in [-0.4, -0.2) is 41.9 Å². The van der Waals surface area contributed by atoms with Gasteiger partial charge in [-0.2, -0.15) is 0 Å². The molecule has 2 N–H and O–H groups in total. The van der Waals surface area contributed by atoms with Gasteiger partial charge in [0.1, 0.15) is 6.04 Å². The Kier molecular flexibility index (Phi) is 5.39. The van der Waals surface area contributed by atoms with Gasteiger partial charge >= 0.3 is 0 Å². The summed E-state index contributed by atoms with van der Waals surface area (Å²) in [7, 11) is 0. The first kappa shape index (κ1) is 18.2. The standard InChI is InChI=1S/C18H19ClN4O3/c19-15-12-14(23(25)26)6-7-16(15)21-8-10-22(11-9-21)17(18(20)24)13-4-2-1-3-5-13/h1-7,12,17H,8-11H2,(H2,20,24). The summed E-state index contributed by atoms with van der Waals surface area (Å²) in [5.74, 6) is -0.377. The van der Waals surface area contributed by atoms with Gasteiger partial charge in [0.25, 0.3) is 5.69 Å². The molecule has 0 radical (unpaired) electrons. The molecule has 8 heteroatoms. The number of carbonyl (C=O) groups excluding carboxylic acids is 1. The number of nitro benzene ring substituents is 1. The van der Waals surface area contributed by atoms with E-state index in [1.807, 2.05) is 35.2 Å². The zero-order valence-electron chi connectivity index (χ0n) is 14.0. The van der Waals surface area contributed by atoms with Gasteiger partial charge in [-0.15, -0.1) is 0 Å². The van der Waals surface area contributed by atoms with Crippen LogP contribution >= 0.6 is 11.6 Å². The van der Waals surface area contributed by atoms with E-state index >= 15 is 0 Å². The van der Waals surface area contributed by atoms with Crippen molar-refractivity contribution in [3.63, 3.8) is 0 Å². The smallest absolute Gasteiger partial charge is 0.271 e. The Hall–Kier alpha value is -2.64. The van der Waals surface area contributed by atoms with Crippen LogP contribution in [0.3, 0.4) is 0 Å². The van der Waals surface area contributed by atoms with Crippen molar-refractivity contribution in [2.75, 3.05) is 31.1 Å². The highest BCUT2D eigenvalue weighted by atomic mass is 35.5. The summed E-state index contributed by atoms with van der Waals surface area (Å²) < 4.78 is 0. The molecule has 0 spiro atoms. The van der Waals surface area contributed by atoms with Gasteiger partial charge in [-0.05, 0) is 11.6 Å². The second-order valence-corrected chi connectivity index (χ2v) is 6.54. The molecule has 136 valence electrons. The number of nitro groups is 1. The third kappa shape index (κ3) is 3.79. The molecule has 0 saturated carbocycles. The molecule has 7 nitrogen and oxygen atoms in total. The van der Waals surface area contributed by atoms with Crippen LogP contribution in [0, 0.1) is 10.1 Å². The molecule has 1 fully saturated rings. The van der Waals surface area contributed by atoms with Crippen LogP contribution in [0.15, 0.2) is 48.5 Å². The molecule has 0 aromatic heterocycles. The second-order valence-electron chi connectivity index (χ2n) is 6.13. The van der Waals surface area contributed by atoms with E-state index in [-0.39, 0.29) is 11.6 Å². The molecule has 2 aromatic rings. The summed E-state index contributed by atoms with van der Waals surface area (Å²) in [4.78, 5) is 26.5. The van der Waals surface area contributed by atoms with Gasteiger partial charge < -0.3 is 10.6 Å². The highest BCUT2D eigenvalue weighted by Gasteiger charge is 2.29. The van der Waals surface area contributed by atoms with E-state index in [9.17, 15) is 14.9 Å². The van der Waals surface area contributed by atoms with Crippen LogP contribution in [-0.2, 0) is 4.79 Å². The average molecular weight is 375 g/mol. The van der Waals surface area contributed by atoms with E-state index in [2.05, 4.69) is 4.90 Å². The maximum absolute atomic E-state index is 12.0. The van der Waals surface area contributed by atoms with Crippen molar-refractivity contribution in [3.8, 4) is 0 Å². The molecule has 1 heterocycles. The van der Waals surface area contributed by atoms with Gasteiger partial charge in [-0.3, -0.25) is 19.8 Å². The first-order valence-corrected chi connectivity index (χ1v) is 8.62. The van der Waals surface area contributed by atoms with E-state index in [0.29, 0.717) is 31.2 Å². The predicted octanol–water partition coefficient (Wildman–Crippen LogP) is 2.60. The van der Waals surface area contributed by atoms with Crippen molar-refractivity contribution in [3.05, 3.63) is 69.2 Å². The quantitative estimate of drug-likeness (QED) is 0.641. The minimum atomic E-state index is -0.467. The number of rotatable bonds is 5. The first-order valence-electron chi connectivity index (χ1n) is 8.24. The lowest BCUT2D eigenvalue weighted by atomic mass is 10.0. The van der Waals surface area contributed by atoms with E-state index in [1.54, 1.807) is 6.07 Å². The zero-order chi connectivity index (χ0) is 18.7. The van der Waals surface area contributed by atoms with Crippen LogP contribution in [0.4, 0.5) is 11.4 Å². The van der Waals surface area contributed by atoms with Crippen molar-refractivity contribution in [2.45, 2.75) is 6.04 Å². The molecule has 1 aliphatic rings. The molecule has 2 aromatic carbocycles. The lowest BCUT2D eigenvalue weighted by Crippen LogP contribution is -2.50. The number of piperazine rings is 1. The van der Waals surface area contributed by atoms with Crippen LogP contribution in [0.2, 0.25) is 5.02 Å². The largest absolute Gasteiger partial charge is 0.368 e. The zero-order valence-corrected chi connectivity index (χ0v) is 14.8. The number of benzene rings is 2. The Balaban J connectivity index is 1.72. The predicted molar refractivity (Wildman–Crippen MR) is 100 cm³/mol. The van der Waals surface area contributed by atoms with Gasteiger partial charge in [-0.25, -0.2) is 0 Å². The Morgan fingerprint density at radius 1 is 1.12 bits per heavy atom. The van der Waals surface area contributed by atoms with Crippen molar-refractivity contribution in [2.24, 2.45) is 5.73 Å². The lowest BCUT2D eigenvalue weighted by molar-refractivity contribution is -0.384. The highest BCUT2D eigenvalue weighted by Crippen LogP contribution is 2.31. The second kappa shape index (κ2) is 7.72. The van der Waals surface area contributed by atoms with Crippen LogP contribution in [0.25, 0.3) is 0 Å². The molecule has 1 amide bonds. The maximum Gasteiger partial charge on any atom is 0.271 e. The fraction of sp³-hybridized carbons (Fsp3) is 0.278. The summed E-state index contributed by atoms with van der Waals surface area (Å²) in [6.07, 6.45) is 0. The number of primary amides is 1. The molecule has 3 rings (SSSR count). The number of hydrogen-bond acceptors (Lipinski definition) is 5. The Morgan fingerprint density at radius 3 is 2.31 bits per heavy atom. The molecule has 1 saturated heterocycles. The van der Waals surface area contributed by atoms with Crippen molar-refractivity contribution in [1.82, 2.24) is 4.90 Å². The summed E-state index contributed by atoms with van der Waals surface area (Å²) in [6.45, 7) is 2.56. The number of nitrogens with two attached hydrogens (primary N) is 1. The van der Waals surface area contributed by atoms with Crippen molar-refractivity contribution in [1.29, 1.82) is 0 Å². The molecule has 0 bridgehead atoms. The van der Waals surface area contributed by atoms with Crippen molar-refractivity contribution >= 4 is 28.9 Å². The third-order valence-electron chi connectivity index (χ3n) is 4.55. The van der Waals surface area contributed by atoms with E-state index in [0.717, 1.165) is 11.3 Å². The van der Waals surface area contributed by atoms with E-state index < -0.39 is 11.0 Å². The molecule has 1 unspecified atom stereocenters. The van der Waals surface area contributed by atoms with Gasteiger partial charge in [0.05, 0.1) is 15.6 Å². The molecule has 1 atom stereocenters. The number of amides is 1. The first-order chi connectivity index (χ1) is 12.5. The molecular weight excluding hydrogens is 356 g/mol. The number of nitrogens with zero attached hydrogens (tertiary/aromatic N) is 3. The van der Waals surface area contributed by atoms with Crippen LogP contribution < -0.4 is 10.6 Å². The topological polar surface area (TPSA) is 92.7 Å². The van der Waals surface area contributed by atoms with Crippen LogP contribution in [0.5, 0.6) is 0 Å². The fourth-order valence-electron chi connectivity index (χ4n) is 3.28. The number of hydrogen-bond donors (Lipinski definition) is 1. The number of halogens is 1. The van der Waals surface area contributed by atoms with Gasteiger partial charge in [0, 0.05) is 38.3 Å². The van der Waals surface area contributed by atoms with Gasteiger partial charge in [0.15, 0.2) is 0 Å². The van der Waals surface area contributed by atoms with Crippen molar-refractivity contribution < 1.29 is 9.72 Å². The Labute approximate surface area is 156 Å². The Bertz CT molecular complexity index is 807.